The summed E-state index contributed by atoms with van der Waals surface area (Å²) in [5, 5.41) is 0. The van der Waals surface area contributed by atoms with Crippen molar-refractivity contribution in [2.24, 2.45) is 0 Å². The van der Waals surface area contributed by atoms with Crippen molar-refractivity contribution in [3.63, 3.8) is 0 Å². The Morgan fingerprint density at radius 2 is 1.77 bits per heavy atom. The number of benzene rings is 1. The Bertz CT molecular complexity index is 479. The molecule has 1 aliphatic rings. The lowest BCUT2D eigenvalue weighted by Gasteiger charge is -2.28. The van der Waals surface area contributed by atoms with Crippen LogP contribution in [0.5, 0.6) is 11.5 Å². The summed E-state index contributed by atoms with van der Waals surface area (Å²) < 4.78 is 15.7. The van der Waals surface area contributed by atoms with Crippen LogP contribution in [0, 0.1) is 0 Å². The van der Waals surface area contributed by atoms with Crippen molar-refractivity contribution in [3.8, 4) is 11.5 Å². The maximum Gasteiger partial charge on any atom is 0.253 e. The standard InChI is InChI=1S/C16H24N2O4/c1-17(4-5-18-6-8-22-9-7-18)16(19)13-10-14(20-2)12-15(11-13)21-3/h10-12H,4-9H2,1-3H3. The van der Waals surface area contributed by atoms with Crippen molar-refractivity contribution < 1.29 is 19.0 Å². The fourth-order valence-corrected chi connectivity index (χ4v) is 2.37. The van der Waals surface area contributed by atoms with E-state index in [1.54, 1.807) is 37.3 Å². The highest BCUT2D eigenvalue weighted by atomic mass is 16.5. The zero-order chi connectivity index (χ0) is 15.9. The molecule has 0 atom stereocenters. The van der Waals surface area contributed by atoms with Gasteiger partial charge in [-0.1, -0.05) is 0 Å². The van der Waals surface area contributed by atoms with Crippen LogP contribution in [0.15, 0.2) is 18.2 Å². The van der Waals surface area contributed by atoms with Crippen molar-refractivity contribution >= 4 is 5.91 Å². The van der Waals surface area contributed by atoms with Crippen LogP contribution in [0.2, 0.25) is 0 Å². The fraction of sp³-hybridized carbons (Fsp3) is 0.562. The van der Waals surface area contributed by atoms with Gasteiger partial charge in [0.25, 0.3) is 5.91 Å². The quantitative estimate of drug-likeness (QED) is 0.788. The van der Waals surface area contributed by atoms with Gasteiger partial charge in [-0.2, -0.15) is 0 Å². The number of ether oxygens (including phenoxy) is 3. The van der Waals surface area contributed by atoms with Gasteiger partial charge >= 0.3 is 0 Å². The largest absolute Gasteiger partial charge is 0.497 e. The number of carbonyl (C=O) groups excluding carboxylic acids is 1. The number of morpholine rings is 1. The molecule has 1 aliphatic heterocycles. The number of hydrogen-bond donors (Lipinski definition) is 0. The summed E-state index contributed by atoms with van der Waals surface area (Å²) in [6, 6.07) is 5.22. The van der Waals surface area contributed by atoms with Gasteiger partial charge < -0.3 is 19.1 Å². The molecular weight excluding hydrogens is 284 g/mol. The van der Waals surface area contributed by atoms with Gasteiger partial charge in [0.1, 0.15) is 11.5 Å². The summed E-state index contributed by atoms with van der Waals surface area (Å²) in [5.41, 5.74) is 0.570. The first-order valence-electron chi connectivity index (χ1n) is 7.42. The SMILES string of the molecule is COc1cc(OC)cc(C(=O)N(C)CCN2CCOCC2)c1. The normalized spacial score (nSPS) is 15.4. The molecule has 1 fully saturated rings. The molecule has 0 radical (unpaired) electrons. The molecule has 1 amide bonds. The van der Waals surface area contributed by atoms with E-state index in [0.717, 1.165) is 32.8 Å². The average Bonchev–Trinajstić information content (AvgIpc) is 2.59. The molecule has 0 N–H and O–H groups in total. The van der Waals surface area contributed by atoms with Crippen LogP contribution in [-0.4, -0.2) is 76.4 Å². The van der Waals surface area contributed by atoms with Crippen molar-refractivity contribution in [2.45, 2.75) is 0 Å². The number of amides is 1. The zero-order valence-electron chi connectivity index (χ0n) is 13.5. The molecule has 0 unspecified atom stereocenters. The van der Waals surface area contributed by atoms with Gasteiger partial charge in [0.2, 0.25) is 0 Å². The Labute approximate surface area is 131 Å². The molecule has 6 nitrogen and oxygen atoms in total. The number of hydrogen-bond acceptors (Lipinski definition) is 5. The van der Waals surface area contributed by atoms with Crippen LogP contribution >= 0.6 is 0 Å². The van der Waals surface area contributed by atoms with E-state index in [-0.39, 0.29) is 5.91 Å². The van der Waals surface area contributed by atoms with Gasteiger partial charge in [-0.15, -0.1) is 0 Å². The number of nitrogens with zero attached hydrogens (tertiary/aromatic N) is 2. The van der Waals surface area contributed by atoms with Crippen LogP contribution in [0.25, 0.3) is 0 Å². The lowest BCUT2D eigenvalue weighted by molar-refractivity contribution is 0.0338. The molecule has 1 heterocycles. The third-order valence-electron chi connectivity index (χ3n) is 3.80. The molecule has 0 bridgehead atoms. The van der Waals surface area contributed by atoms with Gasteiger partial charge in [-0.3, -0.25) is 9.69 Å². The lowest BCUT2D eigenvalue weighted by Crippen LogP contribution is -2.41. The van der Waals surface area contributed by atoms with Crippen molar-refractivity contribution in [3.05, 3.63) is 23.8 Å². The summed E-state index contributed by atoms with van der Waals surface area (Å²) in [6.07, 6.45) is 0. The highest BCUT2D eigenvalue weighted by Crippen LogP contribution is 2.23. The summed E-state index contributed by atoms with van der Waals surface area (Å²) >= 11 is 0. The van der Waals surface area contributed by atoms with Gasteiger partial charge in [-0.25, -0.2) is 0 Å². The van der Waals surface area contributed by atoms with E-state index in [1.165, 1.54) is 0 Å². The second-order valence-corrected chi connectivity index (χ2v) is 5.28. The average molecular weight is 308 g/mol. The minimum Gasteiger partial charge on any atom is -0.497 e. The Morgan fingerprint density at radius 1 is 1.18 bits per heavy atom. The van der Waals surface area contributed by atoms with Crippen molar-refractivity contribution in [1.82, 2.24) is 9.80 Å². The smallest absolute Gasteiger partial charge is 0.253 e. The lowest BCUT2D eigenvalue weighted by atomic mass is 10.1. The first-order valence-corrected chi connectivity index (χ1v) is 7.42. The van der Waals surface area contributed by atoms with Crippen molar-refractivity contribution in [2.75, 3.05) is 60.7 Å². The van der Waals surface area contributed by atoms with Gasteiger partial charge in [0.05, 0.1) is 27.4 Å². The van der Waals surface area contributed by atoms with Crippen LogP contribution in [0.3, 0.4) is 0 Å². The molecule has 2 rings (SSSR count). The number of rotatable bonds is 6. The molecule has 0 aromatic heterocycles. The molecular formula is C16H24N2O4. The zero-order valence-corrected chi connectivity index (χ0v) is 13.5. The van der Waals surface area contributed by atoms with Gasteiger partial charge in [0, 0.05) is 44.9 Å². The molecule has 22 heavy (non-hydrogen) atoms. The second kappa shape index (κ2) is 8.00. The Morgan fingerprint density at radius 3 is 2.32 bits per heavy atom. The molecule has 1 aromatic carbocycles. The van der Waals surface area contributed by atoms with Crippen LogP contribution in [-0.2, 0) is 4.74 Å². The number of likely N-dealkylation sites (N-methyl/N-ethyl adjacent to an activating group) is 1. The van der Waals surface area contributed by atoms with E-state index in [9.17, 15) is 4.79 Å². The van der Waals surface area contributed by atoms with E-state index in [1.807, 2.05) is 7.05 Å². The monoisotopic (exact) mass is 308 g/mol. The highest BCUT2D eigenvalue weighted by Gasteiger charge is 2.16. The third kappa shape index (κ3) is 4.35. The Kier molecular flexibility index (Phi) is 6.03. The van der Waals surface area contributed by atoms with Crippen LogP contribution < -0.4 is 9.47 Å². The summed E-state index contributed by atoms with van der Waals surface area (Å²) in [7, 11) is 4.96. The predicted molar refractivity (Wildman–Crippen MR) is 83.8 cm³/mol. The molecule has 122 valence electrons. The molecule has 1 saturated heterocycles. The van der Waals surface area contributed by atoms with Gasteiger partial charge in [-0.05, 0) is 12.1 Å². The third-order valence-corrected chi connectivity index (χ3v) is 3.80. The maximum absolute atomic E-state index is 12.5. The highest BCUT2D eigenvalue weighted by molar-refractivity contribution is 5.95. The molecule has 0 saturated carbocycles. The minimum absolute atomic E-state index is 0.0366. The maximum atomic E-state index is 12.5. The van der Waals surface area contributed by atoms with Crippen LogP contribution in [0.1, 0.15) is 10.4 Å². The predicted octanol–water partition coefficient (Wildman–Crippen LogP) is 1.11. The van der Waals surface area contributed by atoms with Crippen molar-refractivity contribution in [1.29, 1.82) is 0 Å². The Balaban J connectivity index is 1.97. The topological polar surface area (TPSA) is 51.2 Å². The van der Waals surface area contributed by atoms with Gasteiger partial charge in [0.15, 0.2) is 0 Å². The first-order chi connectivity index (χ1) is 10.6. The number of carbonyl (C=O) groups is 1. The van der Waals surface area contributed by atoms with Crippen LogP contribution in [0.4, 0.5) is 0 Å². The molecule has 6 heteroatoms. The summed E-state index contributed by atoms with van der Waals surface area (Å²) in [4.78, 5) is 16.6. The molecule has 0 aliphatic carbocycles. The van der Waals surface area contributed by atoms with E-state index in [4.69, 9.17) is 14.2 Å². The fourth-order valence-electron chi connectivity index (χ4n) is 2.37. The second-order valence-electron chi connectivity index (χ2n) is 5.28. The molecule has 1 aromatic rings. The Hall–Kier alpha value is -1.79. The minimum atomic E-state index is -0.0366. The summed E-state index contributed by atoms with van der Waals surface area (Å²) in [5.74, 6) is 1.19. The summed E-state index contributed by atoms with van der Waals surface area (Å²) in [6.45, 7) is 4.92. The number of methoxy groups -OCH3 is 2. The molecule has 0 spiro atoms. The van der Waals surface area contributed by atoms with E-state index >= 15 is 0 Å². The van der Waals surface area contributed by atoms with E-state index in [0.29, 0.717) is 23.6 Å². The van der Waals surface area contributed by atoms with E-state index < -0.39 is 0 Å². The van der Waals surface area contributed by atoms with E-state index in [2.05, 4.69) is 4.90 Å². The first kappa shape index (κ1) is 16.6.